The van der Waals surface area contributed by atoms with Gasteiger partial charge in [0, 0.05) is 48.9 Å². The largest absolute Gasteiger partial charge is 0.467 e. The normalized spacial score (nSPS) is 19.3. The first-order chi connectivity index (χ1) is 15.5. The lowest BCUT2D eigenvalue weighted by Crippen LogP contribution is -2.47. The number of hydrogen-bond acceptors (Lipinski definition) is 6. The molecule has 164 valence electrons. The summed E-state index contributed by atoms with van der Waals surface area (Å²) >= 11 is 0. The first-order valence-electron chi connectivity index (χ1n) is 10.5. The van der Waals surface area contributed by atoms with Crippen LogP contribution in [0, 0.1) is 16.0 Å². The molecule has 0 radical (unpaired) electrons. The van der Waals surface area contributed by atoms with Crippen molar-refractivity contribution in [2.75, 3.05) is 18.0 Å². The van der Waals surface area contributed by atoms with Gasteiger partial charge in [-0.1, -0.05) is 6.07 Å². The van der Waals surface area contributed by atoms with Gasteiger partial charge in [-0.05, 0) is 42.7 Å². The van der Waals surface area contributed by atoms with Gasteiger partial charge in [-0.25, -0.2) is 0 Å². The molecule has 9 nitrogen and oxygen atoms in total. The molecule has 2 aliphatic rings. The number of fused-ring (bicyclic) bond motifs is 4. The van der Waals surface area contributed by atoms with Gasteiger partial charge in [-0.2, -0.15) is 0 Å². The van der Waals surface area contributed by atoms with E-state index in [1.54, 1.807) is 36.4 Å². The van der Waals surface area contributed by atoms with Gasteiger partial charge in [-0.3, -0.25) is 19.7 Å². The molecule has 0 saturated carbocycles. The fraction of sp³-hybridized carbons (Fsp3) is 0.304. The molecule has 1 fully saturated rings. The molecule has 2 atom stereocenters. The van der Waals surface area contributed by atoms with Crippen LogP contribution in [0.15, 0.2) is 64.0 Å². The molecule has 5 rings (SSSR count). The molecule has 1 aromatic carbocycles. The number of aromatic nitrogens is 1. The van der Waals surface area contributed by atoms with Crippen molar-refractivity contribution in [3.8, 4) is 0 Å². The lowest BCUT2D eigenvalue weighted by atomic mass is 9.83. The fourth-order valence-electron chi connectivity index (χ4n) is 4.85. The molecule has 2 unspecified atom stereocenters. The van der Waals surface area contributed by atoms with Gasteiger partial charge in [0.2, 0.25) is 0 Å². The molecule has 1 amide bonds. The van der Waals surface area contributed by atoms with Crippen molar-refractivity contribution in [1.82, 2.24) is 9.88 Å². The second-order valence-corrected chi connectivity index (χ2v) is 8.33. The number of carbonyl (C=O) groups is 1. The van der Waals surface area contributed by atoms with Crippen molar-refractivity contribution in [3.63, 3.8) is 0 Å². The zero-order valence-corrected chi connectivity index (χ0v) is 17.3. The number of furan rings is 1. The number of nitrogens with zero attached hydrogens (tertiary/aromatic N) is 3. The lowest BCUT2D eigenvalue weighted by Gasteiger charge is -2.43. The van der Waals surface area contributed by atoms with Gasteiger partial charge in [0.05, 0.1) is 17.7 Å². The van der Waals surface area contributed by atoms with Gasteiger partial charge in [0.15, 0.2) is 0 Å². The maximum Gasteiger partial charge on any atom is 0.293 e. The number of amides is 1. The van der Waals surface area contributed by atoms with E-state index >= 15 is 0 Å². The molecular weight excluding hydrogens is 412 g/mol. The molecule has 2 aliphatic heterocycles. The lowest BCUT2D eigenvalue weighted by molar-refractivity contribution is -0.384. The van der Waals surface area contributed by atoms with Crippen molar-refractivity contribution < 1.29 is 14.1 Å². The van der Waals surface area contributed by atoms with E-state index in [1.807, 2.05) is 15.5 Å². The smallest absolute Gasteiger partial charge is 0.293 e. The molecule has 0 spiro atoms. The molecule has 3 aromatic rings. The topological polar surface area (TPSA) is 111 Å². The van der Waals surface area contributed by atoms with Crippen LogP contribution in [-0.2, 0) is 13.1 Å². The Morgan fingerprint density at radius 1 is 1.16 bits per heavy atom. The van der Waals surface area contributed by atoms with Crippen molar-refractivity contribution in [2.45, 2.75) is 25.4 Å². The first kappa shape index (κ1) is 20.0. The number of nitro groups is 1. The number of pyridine rings is 1. The summed E-state index contributed by atoms with van der Waals surface area (Å²) in [5.74, 6) is 0.563. The number of nitrogens with one attached hydrogen (secondary N) is 1. The Labute approximate surface area is 183 Å². The zero-order valence-electron chi connectivity index (χ0n) is 17.3. The highest BCUT2D eigenvalue weighted by atomic mass is 16.6. The highest BCUT2D eigenvalue weighted by Gasteiger charge is 2.36. The van der Waals surface area contributed by atoms with E-state index in [-0.39, 0.29) is 35.2 Å². The zero-order chi connectivity index (χ0) is 22.2. The quantitative estimate of drug-likeness (QED) is 0.488. The van der Waals surface area contributed by atoms with Gasteiger partial charge in [-0.15, -0.1) is 0 Å². The number of piperidine rings is 1. The predicted molar refractivity (Wildman–Crippen MR) is 117 cm³/mol. The van der Waals surface area contributed by atoms with Crippen LogP contribution in [0.4, 0.5) is 11.4 Å². The van der Waals surface area contributed by atoms with E-state index in [0.29, 0.717) is 31.1 Å². The maximum absolute atomic E-state index is 12.5. The molecule has 4 heterocycles. The minimum atomic E-state index is -0.443. The number of benzene rings is 1. The molecule has 2 aromatic heterocycles. The van der Waals surface area contributed by atoms with Gasteiger partial charge in [0.1, 0.15) is 11.4 Å². The van der Waals surface area contributed by atoms with Crippen LogP contribution >= 0.6 is 0 Å². The fourth-order valence-corrected chi connectivity index (χ4v) is 4.85. The molecule has 1 saturated heterocycles. The van der Waals surface area contributed by atoms with E-state index in [1.165, 1.54) is 12.3 Å². The Morgan fingerprint density at radius 2 is 2.03 bits per heavy atom. The van der Waals surface area contributed by atoms with E-state index in [4.69, 9.17) is 4.42 Å². The number of carbonyl (C=O) groups excluding carboxylic acids is 1. The summed E-state index contributed by atoms with van der Waals surface area (Å²) in [6, 6.07) is 13.4. The van der Waals surface area contributed by atoms with Crippen LogP contribution in [0.2, 0.25) is 0 Å². The van der Waals surface area contributed by atoms with Crippen LogP contribution in [-0.4, -0.2) is 28.5 Å². The Hall–Kier alpha value is -3.88. The van der Waals surface area contributed by atoms with Crippen LogP contribution in [0.5, 0.6) is 0 Å². The summed E-state index contributed by atoms with van der Waals surface area (Å²) in [6.07, 6.45) is 2.48. The minimum Gasteiger partial charge on any atom is -0.467 e. The molecule has 2 bridgehead atoms. The van der Waals surface area contributed by atoms with Crippen molar-refractivity contribution in [3.05, 3.63) is 92.3 Å². The van der Waals surface area contributed by atoms with Crippen LogP contribution in [0.1, 0.15) is 34.2 Å². The third-order valence-electron chi connectivity index (χ3n) is 6.26. The average molecular weight is 434 g/mol. The third-order valence-corrected chi connectivity index (χ3v) is 6.26. The number of rotatable bonds is 5. The predicted octanol–water partition coefficient (Wildman–Crippen LogP) is 2.90. The Bertz CT molecular complexity index is 1230. The highest BCUT2D eigenvalue weighted by molar-refractivity contribution is 5.95. The second-order valence-electron chi connectivity index (χ2n) is 8.33. The summed E-state index contributed by atoms with van der Waals surface area (Å²) in [5.41, 5.74) is 1.61. The minimum absolute atomic E-state index is 0.00143. The average Bonchev–Trinajstić information content (AvgIpc) is 3.31. The summed E-state index contributed by atoms with van der Waals surface area (Å²) in [4.78, 5) is 38.2. The van der Waals surface area contributed by atoms with Crippen molar-refractivity contribution in [2.24, 2.45) is 5.92 Å². The summed E-state index contributed by atoms with van der Waals surface area (Å²) in [6.45, 7) is 2.03. The number of hydrogen-bond donors (Lipinski definition) is 1. The maximum atomic E-state index is 12.5. The Morgan fingerprint density at radius 3 is 2.81 bits per heavy atom. The standard InChI is InChI=1S/C23H22N4O5/c28-22-5-1-4-19-17-9-15(13-26(19)22)12-25(14-17)20-7-6-16(10-21(20)27(30)31)23(29)24-11-18-3-2-8-32-18/h1-8,10,15,17H,9,11-14H2,(H,24,29). The van der Waals surface area contributed by atoms with Crippen LogP contribution < -0.4 is 15.8 Å². The summed E-state index contributed by atoms with van der Waals surface area (Å²) in [5, 5.41) is 14.6. The van der Waals surface area contributed by atoms with E-state index in [0.717, 1.165) is 12.1 Å². The molecule has 0 aliphatic carbocycles. The Balaban J connectivity index is 1.40. The van der Waals surface area contributed by atoms with E-state index in [9.17, 15) is 19.7 Å². The third kappa shape index (κ3) is 3.66. The second kappa shape index (κ2) is 7.99. The van der Waals surface area contributed by atoms with Gasteiger partial charge in [0.25, 0.3) is 17.2 Å². The van der Waals surface area contributed by atoms with E-state index in [2.05, 4.69) is 5.32 Å². The molecule has 9 heteroatoms. The summed E-state index contributed by atoms with van der Waals surface area (Å²) < 4.78 is 7.03. The number of nitro benzene ring substituents is 1. The first-order valence-corrected chi connectivity index (χ1v) is 10.5. The number of anilines is 1. The van der Waals surface area contributed by atoms with E-state index < -0.39 is 10.8 Å². The highest BCUT2D eigenvalue weighted by Crippen LogP contribution is 2.39. The SMILES string of the molecule is O=C(NCc1ccco1)c1ccc(N2CC3CC(C2)c2cccc(=O)n2C3)c([N+](=O)[O-])c1. The van der Waals surface area contributed by atoms with Crippen LogP contribution in [0.25, 0.3) is 0 Å². The molecular formula is C23H22N4O5. The van der Waals surface area contributed by atoms with Crippen LogP contribution in [0.3, 0.4) is 0 Å². The van der Waals surface area contributed by atoms with Crippen molar-refractivity contribution >= 4 is 17.3 Å². The van der Waals surface area contributed by atoms with Crippen molar-refractivity contribution in [1.29, 1.82) is 0 Å². The van der Waals surface area contributed by atoms with Gasteiger partial charge >= 0.3 is 0 Å². The molecule has 32 heavy (non-hydrogen) atoms. The Kier molecular flexibility index (Phi) is 5.01. The summed E-state index contributed by atoms with van der Waals surface area (Å²) in [7, 11) is 0. The molecule has 1 N–H and O–H groups in total. The monoisotopic (exact) mass is 434 g/mol. The van der Waals surface area contributed by atoms with Gasteiger partial charge < -0.3 is 19.2 Å².